The maximum Gasteiger partial charge on any atom is 0.308 e. The van der Waals surface area contributed by atoms with Crippen LogP contribution in [0, 0.1) is 0 Å². The molecule has 66 valence electrons. The number of aliphatic imine (C=N–C) groups is 1. The molecule has 0 aliphatic heterocycles. The Morgan fingerprint density at radius 2 is 2.38 bits per heavy atom. The minimum atomic E-state index is -0.358. The second-order valence-electron chi connectivity index (χ2n) is 2.29. The molecular formula is C9H7NO2S. The largest absolute Gasteiger partial charge is 0.427 e. The summed E-state index contributed by atoms with van der Waals surface area (Å²) >= 11 is 4.44. The molecule has 13 heavy (non-hydrogen) atoms. The van der Waals surface area contributed by atoms with Crippen molar-refractivity contribution in [3.8, 4) is 5.75 Å². The van der Waals surface area contributed by atoms with Gasteiger partial charge in [0, 0.05) is 13.0 Å². The van der Waals surface area contributed by atoms with E-state index in [9.17, 15) is 4.79 Å². The molecule has 0 saturated heterocycles. The van der Waals surface area contributed by atoms with Crippen LogP contribution in [0.25, 0.3) is 0 Å². The second kappa shape index (κ2) is 4.50. The van der Waals surface area contributed by atoms with E-state index < -0.39 is 0 Å². The SMILES string of the molecule is CC(=O)Oc1cccc(N=C=S)c1. The van der Waals surface area contributed by atoms with Crippen molar-refractivity contribution in [2.45, 2.75) is 6.92 Å². The molecule has 0 atom stereocenters. The first kappa shape index (κ1) is 9.58. The van der Waals surface area contributed by atoms with Crippen LogP contribution >= 0.6 is 12.2 Å². The van der Waals surface area contributed by atoms with Gasteiger partial charge in [-0.15, -0.1) is 0 Å². The Balaban J connectivity index is 2.91. The van der Waals surface area contributed by atoms with Crippen LogP contribution in [0.2, 0.25) is 0 Å². The van der Waals surface area contributed by atoms with Gasteiger partial charge in [-0.1, -0.05) is 6.07 Å². The summed E-state index contributed by atoms with van der Waals surface area (Å²) in [4.78, 5) is 14.3. The minimum absolute atomic E-state index is 0.358. The zero-order chi connectivity index (χ0) is 9.68. The van der Waals surface area contributed by atoms with Crippen molar-refractivity contribution in [1.29, 1.82) is 0 Å². The number of isothiocyanates is 1. The van der Waals surface area contributed by atoms with E-state index in [4.69, 9.17) is 4.74 Å². The summed E-state index contributed by atoms with van der Waals surface area (Å²) in [5.41, 5.74) is 0.619. The second-order valence-corrected chi connectivity index (χ2v) is 2.48. The van der Waals surface area contributed by atoms with Gasteiger partial charge in [-0.05, 0) is 24.4 Å². The number of ether oxygens (including phenoxy) is 1. The van der Waals surface area contributed by atoms with E-state index in [2.05, 4.69) is 22.4 Å². The molecule has 0 aliphatic rings. The number of hydrogen-bond donors (Lipinski definition) is 0. The Bertz CT molecular complexity index is 370. The van der Waals surface area contributed by atoms with Gasteiger partial charge in [-0.2, -0.15) is 4.99 Å². The average molecular weight is 193 g/mol. The highest BCUT2D eigenvalue weighted by molar-refractivity contribution is 7.78. The first-order chi connectivity index (χ1) is 6.22. The van der Waals surface area contributed by atoms with Crippen LogP contribution in [0.15, 0.2) is 29.3 Å². The topological polar surface area (TPSA) is 38.7 Å². The maximum absolute atomic E-state index is 10.6. The molecule has 1 rings (SSSR count). The van der Waals surface area contributed by atoms with E-state index in [1.807, 2.05) is 0 Å². The molecule has 0 fully saturated rings. The van der Waals surface area contributed by atoms with Gasteiger partial charge in [-0.25, -0.2) is 0 Å². The number of nitrogens with zero attached hydrogens (tertiary/aromatic N) is 1. The Kier molecular flexibility index (Phi) is 3.31. The van der Waals surface area contributed by atoms with Crippen molar-refractivity contribution in [3.05, 3.63) is 24.3 Å². The number of carbonyl (C=O) groups is 1. The lowest BCUT2D eigenvalue weighted by Crippen LogP contribution is -2.00. The van der Waals surface area contributed by atoms with Gasteiger partial charge in [0.05, 0.1) is 10.8 Å². The molecule has 0 bridgehead atoms. The Labute approximate surface area is 81.1 Å². The number of hydrogen-bond acceptors (Lipinski definition) is 4. The van der Waals surface area contributed by atoms with Gasteiger partial charge in [0.2, 0.25) is 0 Å². The first-order valence-electron chi connectivity index (χ1n) is 3.59. The van der Waals surface area contributed by atoms with Crippen LogP contribution in [0.1, 0.15) is 6.92 Å². The Morgan fingerprint density at radius 3 is 3.00 bits per heavy atom. The van der Waals surface area contributed by atoms with Crippen LogP contribution in [0.5, 0.6) is 5.75 Å². The van der Waals surface area contributed by atoms with Crippen molar-refractivity contribution in [2.24, 2.45) is 4.99 Å². The minimum Gasteiger partial charge on any atom is -0.427 e. The highest BCUT2D eigenvalue weighted by atomic mass is 32.1. The summed E-state index contributed by atoms with van der Waals surface area (Å²) in [6, 6.07) is 6.75. The van der Waals surface area contributed by atoms with Gasteiger partial charge in [0.15, 0.2) is 0 Å². The van der Waals surface area contributed by atoms with Crippen molar-refractivity contribution in [1.82, 2.24) is 0 Å². The van der Waals surface area contributed by atoms with E-state index in [1.54, 1.807) is 24.3 Å². The predicted octanol–water partition coefficient (Wildman–Crippen LogP) is 2.35. The summed E-state index contributed by atoms with van der Waals surface area (Å²) < 4.78 is 4.84. The molecule has 0 heterocycles. The fourth-order valence-corrected chi connectivity index (χ4v) is 0.941. The molecule has 0 aromatic heterocycles. The molecule has 0 N–H and O–H groups in total. The number of carbonyl (C=O) groups excluding carboxylic acids is 1. The quantitative estimate of drug-likeness (QED) is 0.313. The van der Waals surface area contributed by atoms with E-state index in [-0.39, 0.29) is 5.97 Å². The van der Waals surface area contributed by atoms with Gasteiger partial charge in [0.25, 0.3) is 0 Å². The van der Waals surface area contributed by atoms with E-state index in [0.29, 0.717) is 11.4 Å². The van der Waals surface area contributed by atoms with Crippen molar-refractivity contribution in [3.63, 3.8) is 0 Å². The molecule has 1 aromatic rings. The van der Waals surface area contributed by atoms with Crippen LogP contribution in [0.4, 0.5) is 5.69 Å². The standard InChI is InChI=1S/C9H7NO2S/c1-7(11)12-9-4-2-3-8(5-9)10-6-13/h2-5H,1H3. The molecule has 0 amide bonds. The molecule has 0 radical (unpaired) electrons. The van der Waals surface area contributed by atoms with Crippen LogP contribution in [0.3, 0.4) is 0 Å². The van der Waals surface area contributed by atoms with E-state index >= 15 is 0 Å². The smallest absolute Gasteiger partial charge is 0.308 e. The molecule has 1 aromatic carbocycles. The summed E-state index contributed by atoms with van der Waals surface area (Å²) in [6.45, 7) is 1.34. The van der Waals surface area contributed by atoms with Gasteiger partial charge in [-0.3, -0.25) is 4.79 Å². The van der Waals surface area contributed by atoms with Crippen molar-refractivity contribution >= 4 is 29.0 Å². The van der Waals surface area contributed by atoms with Gasteiger partial charge >= 0.3 is 5.97 Å². The highest BCUT2D eigenvalue weighted by Crippen LogP contribution is 2.19. The zero-order valence-corrected chi connectivity index (χ0v) is 7.80. The number of esters is 1. The number of benzene rings is 1. The van der Waals surface area contributed by atoms with Crippen LogP contribution in [-0.4, -0.2) is 11.1 Å². The predicted molar refractivity (Wildman–Crippen MR) is 52.4 cm³/mol. The van der Waals surface area contributed by atoms with Crippen LogP contribution < -0.4 is 4.74 Å². The molecule has 4 heteroatoms. The fraction of sp³-hybridized carbons (Fsp3) is 0.111. The molecule has 3 nitrogen and oxygen atoms in total. The van der Waals surface area contributed by atoms with Crippen LogP contribution in [-0.2, 0) is 4.79 Å². The van der Waals surface area contributed by atoms with Gasteiger partial charge < -0.3 is 4.74 Å². The van der Waals surface area contributed by atoms with Crippen molar-refractivity contribution in [2.75, 3.05) is 0 Å². The lowest BCUT2D eigenvalue weighted by atomic mass is 10.3. The third kappa shape index (κ3) is 3.15. The average Bonchev–Trinajstić information content (AvgIpc) is 2.04. The summed E-state index contributed by atoms with van der Waals surface area (Å²) in [5.74, 6) is 0.0995. The molecule has 0 unspecified atom stereocenters. The molecule has 0 saturated carbocycles. The van der Waals surface area contributed by atoms with E-state index in [0.717, 1.165) is 0 Å². The zero-order valence-electron chi connectivity index (χ0n) is 6.98. The third-order valence-electron chi connectivity index (χ3n) is 1.25. The highest BCUT2D eigenvalue weighted by Gasteiger charge is 1.97. The normalized spacial score (nSPS) is 8.69. The number of rotatable bonds is 2. The van der Waals surface area contributed by atoms with Crippen molar-refractivity contribution < 1.29 is 9.53 Å². The lowest BCUT2D eigenvalue weighted by Gasteiger charge is -1.99. The monoisotopic (exact) mass is 193 g/mol. The summed E-state index contributed by atoms with van der Waals surface area (Å²) in [5, 5.41) is 2.23. The molecular weight excluding hydrogens is 186 g/mol. The number of thiocarbonyl (C=S) groups is 1. The summed E-state index contributed by atoms with van der Waals surface area (Å²) in [7, 11) is 0. The molecule has 0 spiro atoms. The Morgan fingerprint density at radius 1 is 1.62 bits per heavy atom. The maximum atomic E-state index is 10.6. The summed E-state index contributed by atoms with van der Waals surface area (Å²) in [6.07, 6.45) is 0. The third-order valence-corrected chi connectivity index (χ3v) is 1.35. The first-order valence-corrected chi connectivity index (χ1v) is 3.99. The lowest BCUT2D eigenvalue weighted by molar-refractivity contribution is -0.131. The Hall–Kier alpha value is -1.51. The fourth-order valence-electron chi connectivity index (χ4n) is 0.835. The molecule has 0 aliphatic carbocycles. The van der Waals surface area contributed by atoms with E-state index in [1.165, 1.54) is 6.92 Å². The van der Waals surface area contributed by atoms with Gasteiger partial charge in [0.1, 0.15) is 5.75 Å².